The Morgan fingerprint density at radius 2 is 1.90 bits per heavy atom. The van der Waals surface area contributed by atoms with Crippen LogP contribution in [-0.2, 0) is 0 Å². The van der Waals surface area contributed by atoms with Crippen LogP contribution in [0.25, 0.3) is 5.70 Å². The van der Waals surface area contributed by atoms with Crippen molar-refractivity contribution in [2.24, 2.45) is 5.92 Å². The standard InChI is InChI=1S/C14H12F3IN2/c1-20-12(10-2-4-11(18)5-3-10)6-9(8-19)7-13(20)14(15,16)17/h2-6,9,13H,7H2,1H3. The maximum atomic E-state index is 13.1. The Kier molecular flexibility index (Phi) is 4.28. The van der Waals surface area contributed by atoms with E-state index >= 15 is 0 Å². The Morgan fingerprint density at radius 1 is 1.30 bits per heavy atom. The summed E-state index contributed by atoms with van der Waals surface area (Å²) >= 11 is 2.14. The lowest BCUT2D eigenvalue weighted by atomic mass is 9.91. The van der Waals surface area contributed by atoms with E-state index in [1.165, 1.54) is 11.9 Å². The smallest absolute Gasteiger partial charge is 0.363 e. The Bertz CT molecular complexity index is 557. The largest absolute Gasteiger partial charge is 0.408 e. The van der Waals surface area contributed by atoms with Gasteiger partial charge in [-0.25, -0.2) is 0 Å². The van der Waals surface area contributed by atoms with E-state index in [0.29, 0.717) is 11.3 Å². The fourth-order valence-electron chi connectivity index (χ4n) is 2.31. The van der Waals surface area contributed by atoms with Crippen LogP contribution in [0.15, 0.2) is 30.3 Å². The van der Waals surface area contributed by atoms with Gasteiger partial charge in [-0.3, -0.25) is 0 Å². The molecule has 2 atom stereocenters. The van der Waals surface area contributed by atoms with Gasteiger partial charge in [0.25, 0.3) is 0 Å². The predicted molar refractivity (Wildman–Crippen MR) is 78.5 cm³/mol. The number of nitrogens with zero attached hydrogens (tertiary/aromatic N) is 2. The molecule has 20 heavy (non-hydrogen) atoms. The molecule has 0 saturated carbocycles. The topological polar surface area (TPSA) is 27.0 Å². The molecule has 0 N–H and O–H groups in total. The summed E-state index contributed by atoms with van der Waals surface area (Å²) in [6.45, 7) is 0. The van der Waals surface area contributed by atoms with Crippen molar-refractivity contribution >= 4 is 28.3 Å². The molecule has 1 heterocycles. The van der Waals surface area contributed by atoms with E-state index in [1.54, 1.807) is 18.2 Å². The first-order valence-electron chi connectivity index (χ1n) is 6.00. The molecule has 0 bridgehead atoms. The molecule has 1 aromatic carbocycles. The van der Waals surface area contributed by atoms with Gasteiger partial charge in [0.15, 0.2) is 0 Å². The van der Waals surface area contributed by atoms with E-state index in [1.807, 2.05) is 18.2 Å². The summed E-state index contributed by atoms with van der Waals surface area (Å²) in [6.07, 6.45) is -2.94. The van der Waals surface area contributed by atoms with E-state index in [9.17, 15) is 13.2 Å². The Morgan fingerprint density at radius 3 is 2.40 bits per heavy atom. The van der Waals surface area contributed by atoms with Crippen molar-refractivity contribution in [1.29, 1.82) is 5.26 Å². The minimum Gasteiger partial charge on any atom is -0.363 e. The molecule has 1 aliphatic heterocycles. The zero-order valence-corrected chi connectivity index (χ0v) is 12.8. The van der Waals surface area contributed by atoms with Crippen LogP contribution in [0.5, 0.6) is 0 Å². The monoisotopic (exact) mass is 392 g/mol. The van der Waals surface area contributed by atoms with Gasteiger partial charge >= 0.3 is 6.18 Å². The highest BCUT2D eigenvalue weighted by atomic mass is 127. The Balaban J connectivity index is 2.42. The Hall–Kier alpha value is -1.23. The SMILES string of the molecule is CN1C(c2ccc(I)cc2)=CC(C#N)CC1C(F)(F)F. The van der Waals surface area contributed by atoms with Gasteiger partial charge in [0.1, 0.15) is 6.04 Å². The number of allylic oxidation sites excluding steroid dienone is 1. The molecule has 0 saturated heterocycles. The minimum absolute atomic E-state index is 0.218. The van der Waals surface area contributed by atoms with Gasteiger partial charge in [-0.1, -0.05) is 12.1 Å². The zero-order valence-electron chi connectivity index (χ0n) is 10.7. The third kappa shape index (κ3) is 3.08. The molecule has 2 unspecified atom stereocenters. The van der Waals surface area contributed by atoms with Crippen molar-refractivity contribution in [3.63, 3.8) is 0 Å². The van der Waals surface area contributed by atoms with Crippen molar-refractivity contribution in [3.05, 3.63) is 39.5 Å². The molecular formula is C14H12F3IN2. The highest BCUT2D eigenvalue weighted by molar-refractivity contribution is 14.1. The first kappa shape index (κ1) is 15.2. The fraction of sp³-hybridized carbons (Fsp3) is 0.357. The van der Waals surface area contributed by atoms with Crippen LogP contribution in [0.1, 0.15) is 12.0 Å². The van der Waals surface area contributed by atoms with Crippen LogP contribution in [0, 0.1) is 20.8 Å². The van der Waals surface area contributed by atoms with E-state index in [-0.39, 0.29) is 6.42 Å². The number of hydrogen-bond donors (Lipinski definition) is 0. The second kappa shape index (κ2) is 5.64. The number of nitriles is 1. The second-order valence-electron chi connectivity index (χ2n) is 4.70. The van der Waals surface area contributed by atoms with Gasteiger partial charge in [0, 0.05) is 16.3 Å². The van der Waals surface area contributed by atoms with Crippen LogP contribution in [0.3, 0.4) is 0 Å². The van der Waals surface area contributed by atoms with E-state index in [0.717, 1.165) is 3.57 Å². The van der Waals surface area contributed by atoms with Crippen molar-refractivity contribution < 1.29 is 13.2 Å². The molecule has 0 radical (unpaired) electrons. The van der Waals surface area contributed by atoms with Gasteiger partial charge in [-0.2, -0.15) is 18.4 Å². The van der Waals surface area contributed by atoms with Crippen molar-refractivity contribution in [2.45, 2.75) is 18.6 Å². The summed E-state index contributed by atoms with van der Waals surface area (Å²) in [5, 5.41) is 8.99. The normalized spacial score (nSPS) is 23.2. The first-order chi connectivity index (χ1) is 9.32. The van der Waals surface area contributed by atoms with Crippen molar-refractivity contribution in [1.82, 2.24) is 4.90 Å². The van der Waals surface area contributed by atoms with E-state index in [4.69, 9.17) is 5.26 Å². The molecule has 0 aromatic heterocycles. The number of benzene rings is 1. The van der Waals surface area contributed by atoms with Gasteiger partial charge in [0.2, 0.25) is 0 Å². The number of hydrogen-bond acceptors (Lipinski definition) is 2. The summed E-state index contributed by atoms with van der Waals surface area (Å²) < 4.78 is 40.2. The molecule has 0 fully saturated rings. The molecule has 0 aliphatic carbocycles. The third-order valence-electron chi connectivity index (χ3n) is 3.37. The molecule has 2 rings (SSSR count). The predicted octanol–water partition coefficient (Wildman–Crippen LogP) is 4.04. The molecule has 106 valence electrons. The van der Waals surface area contributed by atoms with Gasteiger partial charge in [-0.05, 0) is 52.8 Å². The molecule has 1 aromatic rings. The lowest BCUT2D eigenvalue weighted by Crippen LogP contribution is -2.45. The van der Waals surface area contributed by atoms with E-state index in [2.05, 4.69) is 22.6 Å². The lowest BCUT2D eigenvalue weighted by Gasteiger charge is -2.38. The van der Waals surface area contributed by atoms with Crippen molar-refractivity contribution in [2.75, 3.05) is 7.05 Å². The van der Waals surface area contributed by atoms with Crippen LogP contribution in [0.4, 0.5) is 13.2 Å². The van der Waals surface area contributed by atoms with Gasteiger partial charge in [0.05, 0.1) is 12.0 Å². The summed E-state index contributed by atoms with van der Waals surface area (Å²) in [7, 11) is 1.43. The van der Waals surface area contributed by atoms with Crippen LogP contribution in [0.2, 0.25) is 0 Å². The molecule has 0 amide bonds. The van der Waals surface area contributed by atoms with Crippen LogP contribution >= 0.6 is 22.6 Å². The first-order valence-corrected chi connectivity index (χ1v) is 7.07. The highest BCUT2D eigenvalue weighted by Crippen LogP contribution is 2.38. The maximum Gasteiger partial charge on any atom is 0.408 e. The van der Waals surface area contributed by atoms with Gasteiger partial charge in [-0.15, -0.1) is 0 Å². The highest BCUT2D eigenvalue weighted by Gasteiger charge is 2.46. The average molecular weight is 392 g/mol. The average Bonchev–Trinajstić information content (AvgIpc) is 2.39. The number of alkyl halides is 3. The summed E-state index contributed by atoms with van der Waals surface area (Å²) in [4.78, 5) is 1.22. The molecule has 1 aliphatic rings. The fourth-order valence-corrected chi connectivity index (χ4v) is 2.67. The second-order valence-corrected chi connectivity index (χ2v) is 5.94. The minimum atomic E-state index is -4.34. The van der Waals surface area contributed by atoms with Crippen LogP contribution < -0.4 is 0 Å². The number of halogens is 4. The molecule has 6 heteroatoms. The molecule has 0 spiro atoms. The molecule has 2 nitrogen and oxygen atoms in total. The molecular weight excluding hydrogens is 380 g/mol. The Labute approximate surface area is 129 Å². The summed E-state index contributed by atoms with van der Waals surface area (Å²) in [5.74, 6) is -0.716. The van der Waals surface area contributed by atoms with Gasteiger partial charge < -0.3 is 4.90 Å². The van der Waals surface area contributed by atoms with Crippen molar-refractivity contribution in [3.8, 4) is 6.07 Å². The number of rotatable bonds is 1. The lowest BCUT2D eigenvalue weighted by molar-refractivity contribution is -0.176. The zero-order chi connectivity index (χ0) is 14.9. The summed E-state index contributed by atoms with van der Waals surface area (Å²) in [5.41, 5.74) is 1.16. The van der Waals surface area contributed by atoms with E-state index < -0.39 is 18.1 Å². The van der Waals surface area contributed by atoms with Crippen LogP contribution in [-0.4, -0.2) is 24.2 Å². The maximum absolute atomic E-state index is 13.1. The third-order valence-corrected chi connectivity index (χ3v) is 4.09. The summed E-state index contributed by atoms with van der Waals surface area (Å²) in [6, 6.07) is 7.54. The quantitative estimate of drug-likeness (QED) is 0.675.